The van der Waals surface area contributed by atoms with E-state index in [1.54, 1.807) is 0 Å². The van der Waals surface area contributed by atoms with Crippen molar-refractivity contribution in [2.45, 2.75) is 51.9 Å². The van der Waals surface area contributed by atoms with Crippen LogP contribution in [0.2, 0.25) is 0 Å². The van der Waals surface area contributed by atoms with Crippen LogP contribution in [0, 0.1) is 5.41 Å². The van der Waals surface area contributed by atoms with E-state index in [-0.39, 0.29) is 24.0 Å². The van der Waals surface area contributed by atoms with E-state index in [4.69, 9.17) is 4.74 Å². The lowest BCUT2D eigenvalue weighted by Gasteiger charge is -2.33. The third-order valence-corrected chi connectivity index (χ3v) is 4.82. The molecule has 1 aliphatic carbocycles. The molecular weight excluding hydrogens is 377 g/mol. The number of likely N-dealkylation sites (tertiary alicyclic amines) is 1. The number of halogens is 1. The maximum atomic E-state index is 5.37. The van der Waals surface area contributed by atoms with Gasteiger partial charge < -0.3 is 15.0 Å². The molecule has 0 atom stereocenters. The van der Waals surface area contributed by atoms with E-state index in [9.17, 15) is 0 Å². The number of ether oxygens (including phenoxy) is 1. The Morgan fingerprint density at radius 1 is 1.24 bits per heavy atom. The number of nitrogens with zero attached hydrogens (tertiary/aromatic N) is 2. The van der Waals surface area contributed by atoms with Crippen molar-refractivity contribution in [2.24, 2.45) is 10.4 Å². The van der Waals surface area contributed by atoms with Gasteiger partial charge in [0.05, 0.1) is 0 Å². The summed E-state index contributed by atoms with van der Waals surface area (Å²) in [5.74, 6) is 1.09. The fourth-order valence-electron chi connectivity index (χ4n) is 3.68. The highest BCUT2D eigenvalue weighted by atomic mass is 127. The van der Waals surface area contributed by atoms with Gasteiger partial charge in [-0.15, -0.1) is 24.0 Å². The molecule has 124 valence electrons. The molecule has 21 heavy (non-hydrogen) atoms. The summed E-state index contributed by atoms with van der Waals surface area (Å²) in [5.41, 5.74) is 0.598. The third-order valence-electron chi connectivity index (χ3n) is 4.82. The van der Waals surface area contributed by atoms with Gasteiger partial charge in [0.1, 0.15) is 0 Å². The van der Waals surface area contributed by atoms with Gasteiger partial charge in [0.2, 0.25) is 0 Å². The van der Waals surface area contributed by atoms with Crippen molar-refractivity contribution in [1.29, 1.82) is 0 Å². The van der Waals surface area contributed by atoms with Crippen LogP contribution in [0.5, 0.6) is 0 Å². The number of nitrogens with one attached hydrogen (secondary N) is 1. The highest BCUT2D eigenvalue weighted by Gasteiger charge is 2.39. The summed E-state index contributed by atoms with van der Waals surface area (Å²) in [6.07, 6.45) is 9.53. The number of aliphatic imine (C=N–C) groups is 1. The molecule has 2 rings (SSSR count). The van der Waals surface area contributed by atoms with Gasteiger partial charge in [-0.2, -0.15) is 0 Å². The molecule has 0 aromatic carbocycles. The predicted molar refractivity (Wildman–Crippen MR) is 99.6 cm³/mol. The van der Waals surface area contributed by atoms with Crippen LogP contribution in [-0.4, -0.2) is 50.8 Å². The topological polar surface area (TPSA) is 36.9 Å². The van der Waals surface area contributed by atoms with Crippen molar-refractivity contribution < 1.29 is 4.74 Å². The van der Waals surface area contributed by atoms with Crippen molar-refractivity contribution in [1.82, 2.24) is 10.2 Å². The first-order valence-corrected chi connectivity index (χ1v) is 8.33. The number of guanidine groups is 1. The largest absolute Gasteiger partial charge is 0.382 e. The minimum absolute atomic E-state index is 0. The minimum Gasteiger partial charge on any atom is -0.382 e. The molecule has 2 aliphatic rings. The van der Waals surface area contributed by atoms with Crippen molar-refractivity contribution in [3.63, 3.8) is 0 Å². The first-order chi connectivity index (χ1) is 9.79. The van der Waals surface area contributed by atoms with Gasteiger partial charge >= 0.3 is 0 Å². The Morgan fingerprint density at radius 3 is 2.67 bits per heavy atom. The molecule has 0 aromatic heterocycles. The number of hydrogen-bond acceptors (Lipinski definition) is 2. The second-order valence-corrected chi connectivity index (χ2v) is 6.26. The maximum Gasteiger partial charge on any atom is 0.193 e. The highest BCUT2D eigenvalue weighted by Crippen LogP contribution is 2.43. The van der Waals surface area contributed by atoms with Crippen LogP contribution in [0.4, 0.5) is 0 Å². The van der Waals surface area contributed by atoms with Crippen molar-refractivity contribution >= 4 is 29.9 Å². The normalized spacial score (nSPS) is 21.4. The zero-order valence-corrected chi connectivity index (χ0v) is 16.0. The van der Waals surface area contributed by atoms with Crippen molar-refractivity contribution in [3.8, 4) is 0 Å². The summed E-state index contributed by atoms with van der Waals surface area (Å²) < 4.78 is 5.37. The Balaban J connectivity index is 0.00000220. The monoisotopic (exact) mass is 409 g/mol. The average molecular weight is 409 g/mol. The van der Waals surface area contributed by atoms with E-state index >= 15 is 0 Å². The molecule has 0 unspecified atom stereocenters. The lowest BCUT2D eigenvalue weighted by atomic mass is 9.73. The highest BCUT2D eigenvalue weighted by molar-refractivity contribution is 14.0. The lowest BCUT2D eigenvalue weighted by Crippen LogP contribution is -2.42. The van der Waals surface area contributed by atoms with E-state index in [0.717, 1.165) is 32.1 Å². The van der Waals surface area contributed by atoms with Gasteiger partial charge in [0.15, 0.2) is 5.96 Å². The van der Waals surface area contributed by atoms with Crippen LogP contribution >= 0.6 is 24.0 Å². The van der Waals surface area contributed by atoms with Crippen molar-refractivity contribution in [3.05, 3.63) is 0 Å². The third kappa shape index (κ3) is 5.58. The minimum atomic E-state index is 0. The van der Waals surface area contributed by atoms with Gasteiger partial charge in [0.25, 0.3) is 0 Å². The van der Waals surface area contributed by atoms with Gasteiger partial charge in [-0.25, -0.2) is 0 Å². The molecule has 1 N–H and O–H groups in total. The standard InChI is InChI=1S/C16H31N3O.HI/c1-3-20-13-7-11-18-15(17-2)19-12-10-16(14-19)8-5-4-6-9-16;/h3-14H2,1-2H3,(H,17,18);1H. The summed E-state index contributed by atoms with van der Waals surface area (Å²) >= 11 is 0. The summed E-state index contributed by atoms with van der Waals surface area (Å²) in [5, 5.41) is 3.49. The molecule has 2 fully saturated rings. The van der Waals surface area contributed by atoms with Crippen LogP contribution < -0.4 is 5.32 Å². The summed E-state index contributed by atoms with van der Waals surface area (Å²) in [4.78, 5) is 6.92. The molecular formula is C16H32IN3O. The second-order valence-electron chi connectivity index (χ2n) is 6.26. The van der Waals surface area contributed by atoms with E-state index in [0.29, 0.717) is 5.41 Å². The maximum absolute atomic E-state index is 5.37. The summed E-state index contributed by atoms with van der Waals surface area (Å²) in [7, 11) is 1.90. The van der Waals surface area contributed by atoms with Crippen molar-refractivity contribution in [2.75, 3.05) is 39.9 Å². The van der Waals surface area contributed by atoms with E-state index in [1.807, 2.05) is 14.0 Å². The first kappa shape index (κ1) is 19.0. The predicted octanol–water partition coefficient (Wildman–Crippen LogP) is 3.26. The van der Waals surface area contributed by atoms with Crippen LogP contribution in [-0.2, 0) is 4.74 Å². The molecule has 1 saturated carbocycles. The molecule has 0 bridgehead atoms. The van der Waals surface area contributed by atoms with Gasteiger partial charge in [-0.1, -0.05) is 19.3 Å². The van der Waals surface area contributed by atoms with Crippen LogP contribution in [0.15, 0.2) is 4.99 Å². The Hall–Kier alpha value is -0.0400. The quantitative estimate of drug-likeness (QED) is 0.328. The summed E-state index contributed by atoms with van der Waals surface area (Å²) in [6.45, 7) is 7.02. The Morgan fingerprint density at radius 2 is 2.00 bits per heavy atom. The first-order valence-electron chi connectivity index (χ1n) is 8.33. The Kier molecular flexibility index (Phi) is 8.94. The molecule has 1 aliphatic heterocycles. The average Bonchev–Trinajstić information content (AvgIpc) is 2.87. The van der Waals surface area contributed by atoms with Crippen LogP contribution in [0.25, 0.3) is 0 Å². The van der Waals surface area contributed by atoms with E-state index in [1.165, 1.54) is 51.6 Å². The number of rotatable bonds is 5. The smallest absolute Gasteiger partial charge is 0.193 e. The van der Waals surface area contributed by atoms with E-state index < -0.39 is 0 Å². The molecule has 0 amide bonds. The Labute approximate surface area is 147 Å². The van der Waals surface area contributed by atoms with Gasteiger partial charge in [-0.3, -0.25) is 4.99 Å². The lowest BCUT2D eigenvalue weighted by molar-refractivity contribution is 0.145. The Bertz CT molecular complexity index is 317. The fourth-order valence-corrected chi connectivity index (χ4v) is 3.68. The SMILES string of the molecule is CCOCCCNC(=NC)N1CCC2(CCCCC2)C1.I. The molecule has 0 radical (unpaired) electrons. The van der Waals surface area contributed by atoms with Crippen LogP contribution in [0.3, 0.4) is 0 Å². The molecule has 1 spiro atoms. The van der Waals surface area contributed by atoms with Gasteiger partial charge in [-0.05, 0) is 38.0 Å². The van der Waals surface area contributed by atoms with Gasteiger partial charge in [0, 0.05) is 39.9 Å². The zero-order chi connectivity index (χ0) is 14.3. The van der Waals surface area contributed by atoms with E-state index in [2.05, 4.69) is 15.2 Å². The molecule has 4 nitrogen and oxygen atoms in total. The summed E-state index contributed by atoms with van der Waals surface area (Å²) in [6, 6.07) is 0. The second kappa shape index (κ2) is 9.87. The molecule has 1 heterocycles. The fraction of sp³-hybridized carbons (Fsp3) is 0.938. The molecule has 0 aromatic rings. The molecule has 1 saturated heterocycles. The molecule has 5 heteroatoms. The zero-order valence-electron chi connectivity index (χ0n) is 13.7. The number of hydrogen-bond donors (Lipinski definition) is 1. The van der Waals surface area contributed by atoms with Crippen LogP contribution in [0.1, 0.15) is 51.9 Å².